The molecule has 1 heterocycles. The fraction of sp³-hybridized carbons (Fsp3) is 0.444. The monoisotopic (exact) mass is 203 g/mol. The third-order valence-electron chi connectivity index (χ3n) is 1.95. The van der Waals surface area contributed by atoms with Crippen LogP contribution in [0.5, 0.6) is 0 Å². The van der Waals surface area contributed by atoms with E-state index < -0.39 is 0 Å². The van der Waals surface area contributed by atoms with Crippen LogP contribution in [0.2, 0.25) is 10.0 Å². The molecule has 0 aliphatic rings. The van der Waals surface area contributed by atoms with E-state index in [1.165, 1.54) is 0 Å². The van der Waals surface area contributed by atoms with Crippen LogP contribution in [0.25, 0.3) is 0 Å². The molecule has 0 bridgehead atoms. The van der Waals surface area contributed by atoms with Gasteiger partial charge in [0.25, 0.3) is 0 Å². The van der Waals surface area contributed by atoms with Crippen molar-refractivity contribution in [3.63, 3.8) is 0 Å². The van der Waals surface area contributed by atoms with Gasteiger partial charge in [0.15, 0.2) is 0 Å². The summed E-state index contributed by atoms with van der Waals surface area (Å²) in [6.07, 6.45) is 2.66. The average molecular weight is 204 g/mol. The van der Waals surface area contributed by atoms with E-state index in [-0.39, 0.29) is 0 Å². The molecular weight excluding hydrogens is 193 g/mol. The molecule has 1 aromatic heterocycles. The first kappa shape index (κ1) is 9.82. The standard InChI is InChI=1S/C9H11Cl2N/c1-3-6(2)9-4-7(10)8(11)5-12-9/h4-6H,3H2,1-2H3. The lowest BCUT2D eigenvalue weighted by atomic mass is 10.0. The molecule has 0 aliphatic heterocycles. The van der Waals surface area contributed by atoms with Crippen molar-refractivity contribution in [1.29, 1.82) is 0 Å². The lowest BCUT2D eigenvalue weighted by molar-refractivity contribution is 0.708. The minimum atomic E-state index is 0.444. The van der Waals surface area contributed by atoms with Crippen LogP contribution in [0.1, 0.15) is 31.9 Å². The van der Waals surface area contributed by atoms with Gasteiger partial charge in [-0.05, 0) is 18.4 Å². The summed E-state index contributed by atoms with van der Waals surface area (Å²) in [4.78, 5) is 4.19. The molecule has 1 unspecified atom stereocenters. The highest BCUT2D eigenvalue weighted by atomic mass is 35.5. The van der Waals surface area contributed by atoms with Gasteiger partial charge in [-0.15, -0.1) is 0 Å². The molecule has 0 aliphatic carbocycles. The van der Waals surface area contributed by atoms with Gasteiger partial charge in [-0.3, -0.25) is 4.98 Å². The second-order valence-corrected chi connectivity index (χ2v) is 3.65. The largest absolute Gasteiger partial charge is 0.259 e. The summed E-state index contributed by atoms with van der Waals surface area (Å²) in [5, 5.41) is 1.10. The Morgan fingerprint density at radius 2 is 2.08 bits per heavy atom. The summed E-state index contributed by atoms with van der Waals surface area (Å²) >= 11 is 11.6. The third kappa shape index (κ3) is 2.11. The molecule has 0 aromatic carbocycles. The van der Waals surface area contributed by atoms with Crippen molar-refractivity contribution in [2.45, 2.75) is 26.2 Å². The van der Waals surface area contributed by atoms with Crippen molar-refractivity contribution in [2.24, 2.45) is 0 Å². The van der Waals surface area contributed by atoms with Crippen molar-refractivity contribution < 1.29 is 0 Å². The van der Waals surface area contributed by atoms with E-state index in [1.807, 2.05) is 6.07 Å². The van der Waals surface area contributed by atoms with Crippen molar-refractivity contribution in [1.82, 2.24) is 4.98 Å². The van der Waals surface area contributed by atoms with Gasteiger partial charge in [0.1, 0.15) is 0 Å². The Labute approximate surface area is 82.7 Å². The first-order valence-electron chi connectivity index (χ1n) is 3.96. The lowest BCUT2D eigenvalue weighted by Gasteiger charge is -2.07. The first-order valence-corrected chi connectivity index (χ1v) is 4.71. The van der Waals surface area contributed by atoms with Gasteiger partial charge in [-0.1, -0.05) is 37.0 Å². The number of rotatable bonds is 2. The van der Waals surface area contributed by atoms with Crippen molar-refractivity contribution in [2.75, 3.05) is 0 Å². The van der Waals surface area contributed by atoms with Crippen LogP contribution in [0.3, 0.4) is 0 Å². The molecule has 3 heteroatoms. The van der Waals surface area contributed by atoms with E-state index in [1.54, 1.807) is 6.20 Å². The van der Waals surface area contributed by atoms with Gasteiger partial charge in [0.05, 0.1) is 10.0 Å². The number of aromatic nitrogens is 1. The van der Waals surface area contributed by atoms with E-state index in [0.717, 1.165) is 12.1 Å². The van der Waals surface area contributed by atoms with Gasteiger partial charge in [0, 0.05) is 11.9 Å². The van der Waals surface area contributed by atoms with Gasteiger partial charge in [-0.25, -0.2) is 0 Å². The molecule has 12 heavy (non-hydrogen) atoms. The van der Waals surface area contributed by atoms with Crippen molar-refractivity contribution in [3.8, 4) is 0 Å². The van der Waals surface area contributed by atoms with Crippen LogP contribution < -0.4 is 0 Å². The van der Waals surface area contributed by atoms with Crippen molar-refractivity contribution in [3.05, 3.63) is 28.0 Å². The Bertz CT molecular complexity index is 273. The highest BCUT2D eigenvalue weighted by molar-refractivity contribution is 6.41. The highest BCUT2D eigenvalue weighted by Gasteiger charge is 2.06. The Morgan fingerprint density at radius 1 is 1.42 bits per heavy atom. The maximum absolute atomic E-state index is 5.84. The topological polar surface area (TPSA) is 12.9 Å². The quantitative estimate of drug-likeness (QED) is 0.711. The predicted molar refractivity (Wildman–Crippen MR) is 53.0 cm³/mol. The summed E-state index contributed by atoms with van der Waals surface area (Å²) in [5.74, 6) is 0.444. The van der Waals surface area contributed by atoms with Crippen LogP contribution in [-0.2, 0) is 0 Å². The molecule has 1 rings (SSSR count). The van der Waals surface area contributed by atoms with E-state index in [4.69, 9.17) is 23.2 Å². The lowest BCUT2D eigenvalue weighted by Crippen LogP contribution is -1.94. The number of pyridine rings is 1. The SMILES string of the molecule is CCC(C)c1cc(Cl)c(Cl)cn1. The molecule has 0 spiro atoms. The summed E-state index contributed by atoms with van der Waals surface area (Å²) in [7, 11) is 0. The predicted octanol–water partition coefficient (Wildman–Crippen LogP) is 3.90. The van der Waals surface area contributed by atoms with Gasteiger partial charge in [-0.2, -0.15) is 0 Å². The Kier molecular flexibility index (Phi) is 3.36. The van der Waals surface area contributed by atoms with Gasteiger partial charge in [0.2, 0.25) is 0 Å². The third-order valence-corrected chi connectivity index (χ3v) is 2.66. The van der Waals surface area contributed by atoms with Crippen LogP contribution in [0.15, 0.2) is 12.3 Å². The van der Waals surface area contributed by atoms with Gasteiger partial charge < -0.3 is 0 Å². The molecular formula is C9H11Cl2N. The van der Waals surface area contributed by atoms with Gasteiger partial charge >= 0.3 is 0 Å². The summed E-state index contributed by atoms with van der Waals surface area (Å²) in [6, 6.07) is 1.83. The fourth-order valence-corrected chi connectivity index (χ4v) is 1.17. The van der Waals surface area contributed by atoms with Crippen LogP contribution in [-0.4, -0.2) is 4.98 Å². The zero-order chi connectivity index (χ0) is 9.14. The molecule has 1 nitrogen and oxygen atoms in total. The Morgan fingerprint density at radius 3 is 2.58 bits per heavy atom. The molecule has 66 valence electrons. The van der Waals surface area contributed by atoms with E-state index in [9.17, 15) is 0 Å². The van der Waals surface area contributed by atoms with E-state index in [0.29, 0.717) is 16.0 Å². The molecule has 1 atom stereocenters. The molecule has 0 saturated heterocycles. The second kappa shape index (κ2) is 4.11. The molecule has 1 aromatic rings. The molecule has 0 radical (unpaired) electrons. The summed E-state index contributed by atoms with van der Waals surface area (Å²) in [6.45, 7) is 4.24. The summed E-state index contributed by atoms with van der Waals surface area (Å²) < 4.78 is 0. The number of nitrogens with zero attached hydrogens (tertiary/aromatic N) is 1. The number of hydrogen-bond acceptors (Lipinski definition) is 1. The summed E-state index contributed by atoms with van der Waals surface area (Å²) in [5.41, 5.74) is 1.01. The van der Waals surface area contributed by atoms with Crippen LogP contribution >= 0.6 is 23.2 Å². The minimum absolute atomic E-state index is 0.444. The molecule has 0 fully saturated rings. The Hall–Kier alpha value is -0.270. The first-order chi connectivity index (χ1) is 5.65. The van der Waals surface area contributed by atoms with Crippen LogP contribution in [0.4, 0.5) is 0 Å². The zero-order valence-corrected chi connectivity index (χ0v) is 8.65. The number of hydrogen-bond donors (Lipinski definition) is 0. The average Bonchev–Trinajstić information content (AvgIpc) is 2.08. The van der Waals surface area contributed by atoms with Crippen molar-refractivity contribution >= 4 is 23.2 Å². The highest BCUT2D eigenvalue weighted by Crippen LogP contribution is 2.25. The maximum Gasteiger partial charge on any atom is 0.0775 e. The minimum Gasteiger partial charge on any atom is -0.259 e. The maximum atomic E-state index is 5.84. The van der Waals surface area contributed by atoms with Crippen LogP contribution in [0, 0.1) is 0 Å². The van der Waals surface area contributed by atoms with E-state index >= 15 is 0 Å². The molecule has 0 amide bonds. The fourth-order valence-electron chi connectivity index (χ4n) is 0.908. The van der Waals surface area contributed by atoms with E-state index in [2.05, 4.69) is 18.8 Å². The molecule has 0 saturated carbocycles. The zero-order valence-electron chi connectivity index (χ0n) is 7.14. The Balaban J connectivity index is 2.96. The second-order valence-electron chi connectivity index (χ2n) is 2.83. The number of halogens is 2. The molecule has 0 N–H and O–H groups in total. The smallest absolute Gasteiger partial charge is 0.0775 e. The normalized spacial score (nSPS) is 13.0.